The summed E-state index contributed by atoms with van der Waals surface area (Å²) >= 11 is 0. The van der Waals surface area contributed by atoms with E-state index in [4.69, 9.17) is 10.00 Å². The van der Waals surface area contributed by atoms with Gasteiger partial charge in [0.15, 0.2) is 0 Å². The van der Waals surface area contributed by atoms with Gasteiger partial charge in [-0.15, -0.1) is 0 Å². The standard InChI is InChI=1S/C19H19FN4O2/c1-2-26-17(25)19(6-3-4-7-19)16-5-8-22-18(24-16)23-15-10-13(12-21)9-14(20)11-15/h5,8-11H,2-4,6-7H2,1H3,(H,22,23,24). The van der Waals surface area contributed by atoms with Crippen molar-refractivity contribution in [3.8, 4) is 6.07 Å². The Morgan fingerprint density at radius 2 is 2.15 bits per heavy atom. The van der Waals surface area contributed by atoms with Crippen LogP contribution in [0.4, 0.5) is 16.0 Å². The van der Waals surface area contributed by atoms with E-state index < -0.39 is 11.2 Å². The lowest BCUT2D eigenvalue weighted by atomic mass is 9.82. The van der Waals surface area contributed by atoms with Crippen LogP contribution >= 0.6 is 0 Å². The monoisotopic (exact) mass is 354 g/mol. The molecule has 6 nitrogen and oxygen atoms in total. The van der Waals surface area contributed by atoms with Crippen LogP contribution in [0.25, 0.3) is 0 Å². The van der Waals surface area contributed by atoms with E-state index in [0.29, 0.717) is 30.8 Å². The predicted octanol–water partition coefficient (Wildman–Crippen LogP) is 3.61. The Kier molecular flexibility index (Phi) is 5.12. The number of esters is 1. The fraction of sp³-hybridized carbons (Fsp3) is 0.368. The number of benzene rings is 1. The molecule has 2 aromatic rings. The molecule has 1 heterocycles. The Hall–Kier alpha value is -3.01. The number of nitriles is 1. The molecule has 0 saturated heterocycles. The minimum Gasteiger partial charge on any atom is -0.465 e. The zero-order valence-electron chi connectivity index (χ0n) is 14.5. The van der Waals surface area contributed by atoms with Crippen molar-refractivity contribution in [2.75, 3.05) is 11.9 Å². The first-order valence-corrected chi connectivity index (χ1v) is 8.56. The molecule has 0 spiro atoms. The lowest BCUT2D eigenvalue weighted by Gasteiger charge is -2.26. The Morgan fingerprint density at radius 1 is 1.38 bits per heavy atom. The first kappa shape index (κ1) is 17.8. The van der Waals surface area contributed by atoms with E-state index in [0.717, 1.165) is 18.9 Å². The van der Waals surface area contributed by atoms with Crippen LogP contribution < -0.4 is 5.32 Å². The van der Waals surface area contributed by atoms with Crippen LogP contribution in [0.15, 0.2) is 30.5 Å². The van der Waals surface area contributed by atoms with Crippen molar-refractivity contribution in [1.82, 2.24) is 9.97 Å². The highest BCUT2D eigenvalue weighted by atomic mass is 19.1. The van der Waals surface area contributed by atoms with Gasteiger partial charge in [0.05, 0.1) is 23.9 Å². The molecule has 1 N–H and O–H groups in total. The van der Waals surface area contributed by atoms with Crippen molar-refractivity contribution in [3.05, 3.63) is 47.5 Å². The molecular formula is C19H19FN4O2. The quantitative estimate of drug-likeness (QED) is 0.825. The Labute approximate surface area is 151 Å². The van der Waals surface area contributed by atoms with Crippen molar-refractivity contribution in [3.63, 3.8) is 0 Å². The van der Waals surface area contributed by atoms with Crippen LogP contribution in [0.1, 0.15) is 43.9 Å². The Morgan fingerprint density at radius 3 is 2.85 bits per heavy atom. The minimum atomic E-state index is -0.755. The second-order valence-electron chi connectivity index (χ2n) is 6.24. The smallest absolute Gasteiger partial charge is 0.318 e. The lowest BCUT2D eigenvalue weighted by Crippen LogP contribution is -2.35. The third kappa shape index (κ3) is 3.49. The molecule has 0 bridgehead atoms. The van der Waals surface area contributed by atoms with Gasteiger partial charge in [0.2, 0.25) is 5.95 Å². The molecule has 1 aromatic carbocycles. The number of aromatic nitrogens is 2. The van der Waals surface area contributed by atoms with Crippen LogP contribution in [0.5, 0.6) is 0 Å². The number of carbonyl (C=O) groups excluding carboxylic acids is 1. The summed E-state index contributed by atoms with van der Waals surface area (Å²) in [6.45, 7) is 2.10. The van der Waals surface area contributed by atoms with E-state index in [1.165, 1.54) is 12.1 Å². The van der Waals surface area contributed by atoms with Crippen LogP contribution in [-0.4, -0.2) is 22.5 Å². The number of rotatable bonds is 5. The molecule has 0 radical (unpaired) electrons. The first-order chi connectivity index (χ1) is 12.6. The van der Waals surface area contributed by atoms with Crippen molar-refractivity contribution in [2.24, 2.45) is 0 Å². The topological polar surface area (TPSA) is 87.9 Å². The third-order valence-electron chi connectivity index (χ3n) is 4.55. The molecule has 0 atom stereocenters. The van der Waals surface area contributed by atoms with E-state index in [-0.39, 0.29) is 17.5 Å². The molecule has 0 amide bonds. The molecular weight excluding hydrogens is 335 g/mol. The maximum Gasteiger partial charge on any atom is 0.318 e. The normalized spacial score (nSPS) is 15.3. The summed E-state index contributed by atoms with van der Waals surface area (Å²) in [5, 5.41) is 11.9. The van der Waals surface area contributed by atoms with Gasteiger partial charge in [-0.1, -0.05) is 12.8 Å². The molecule has 1 aromatic heterocycles. The highest BCUT2D eigenvalue weighted by Gasteiger charge is 2.45. The van der Waals surface area contributed by atoms with E-state index in [1.807, 2.05) is 6.07 Å². The Bertz CT molecular complexity index is 857. The minimum absolute atomic E-state index is 0.197. The van der Waals surface area contributed by atoms with Crippen molar-refractivity contribution in [1.29, 1.82) is 5.26 Å². The van der Waals surface area contributed by atoms with Crippen LogP contribution in [0.3, 0.4) is 0 Å². The van der Waals surface area contributed by atoms with Crippen LogP contribution in [0, 0.1) is 17.1 Å². The third-order valence-corrected chi connectivity index (χ3v) is 4.55. The summed E-state index contributed by atoms with van der Waals surface area (Å²) in [7, 11) is 0. The fourth-order valence-electron chi connectivity index (χ4n) is 3.35. The van der Waals surface area contributed by atoms with E-state index >= 15 is 0 Å². The fourth-order valence-corrected chi connectivity index (χ4v) is 3.35. The number of ether oxygens (including phenoxy) is 1. The van der Waals surface area contributed by atoms with Gasteiger partial charge in [-0.3, -0.25) is 4.79 Å². The van der Waals surface area contributed by atoms with E-state index in [9.17, 15) is 9.18 Å². The molecule has 3 rings (SSSR count). The van der Waals surface area contributed by atoms with Crippen molar-refractivity contribution >= 4 is 17.6 Å². The average Bonchev–Trinajstić information content (AvgIpc) is 3.13. The predicted molar refractivity (Wildman–Crippen MR) is 93.2 cm³/mol. The molecule has 1 aliphatic carbocycles. The number of nitrogens with one attached hydrogen (secondary N) is 1. The van der Waals surface area contributed by atoms with Crippen LogP contribution in [0.2, 0.25) is 0 Å². The molecule has 26 heavy (non-hydrogen) atoms. The zero-order chi connectivity index (χ0) is 18.6. The molecule has 134 valence electrons. The van der Waals surface area contributed by atoms with Gasteiger partial charge in [-0.2, -0.15) is 5.26 Å². The zero-order valence-corrected chi connectivity index (χ0v) is 14.5. The van der Waals surface area contributed by atoms with Gasteiger partial charge >= 0.3 is 5.97 Å². The summed E-state index contributed by atoms with van der Waals surface area (Å²) in [4.78, 5) is 21.2. The summed E-state index contributed by atoms with van der Waals surface area (Å²) in [5.74, 6) is -0.547. The molecule has 7 heteroatoms. The maximum atomic E-state index is 13.6. The lowest BCUT2D eigenvalue weighted by molar-refractivity contribution is -0.150. The second kappa shape index (κ2) is 7.48. The second-order valence-corrected chi connectivity index (χ2v) is 6.24. The largest absolute Gasteiger partial charge is 0.465 e. The van der Waals surface area contributed by atoms with Gasteiger partial charge in [0.25, 0.3) is 0 Å². The summed E-state index contributed by atoms with van der Waals surface area (Å²) in [6, 6.07) is 7.54. The number of nitrogens with zero attached hydrogens (tertiary/aromatic N) is 3. The van der Waals surface area contributed by atoms with Crippen molar-refractivity contribution < 1.29 is 13.9 Å². The molecule has 0 aliphatic heterocycles. The molecule has 1 aliphatic rings. The number of carbonyl (C=O) groups is 1. The van der Waals surface area contributed by atoms with Gasteiger partial charge in [0.1, 0.15) is 11.2 Å². The van der Waals surface area contributed by atoms with Gasteiger partial charge in [-0.05, 0) is 44.0 Å². The van der Waals surface area contributed by atoms with Gasteiger partial charge in [-0.25, -0.2) is 14.4 Å². The van der Waals surface area contributed by atoms with Gasteiger partial charge < -0.3 is 10.1 Å². The summed E-state index contributed by atoms with van der Waals surface area (Å²) in [5.41, 5.74) is 0.412. The van der Waals surface area contributed by atoms with Crippen molar-refractivity contribution in [2.45, 2.75) is 38.0 Å². The number of hydrogen-bond acceptors (Lipinski definition) is 6. The van der Waals surface area contributed by atoms with E-state index in [2.05, 4.69) is 15.3 Å². The highest BCUT2D eigenvalue weighted by molar-refractivity contribution is 5.83. The number of hydrogen-bond donors (Lipinski definition) is 1. The maximum absolute atomic E-state index is 13.6. The molecule has 1 fully saturated rings. The average molecular weight is 354 g/mol. The molecule has 0 unspecified atom stereocenters. The SMILES string of the molecule is CCOC(=O)C1(c2ccnc(Nc3cc(F)cc(C#N)c3)n2)CCCC1. The highest BCUT2D eigenvalue weighted by Crippen LogP contribution is 2.41. The summed E-state index contributed by atoms with van der Waals surface area (Å²) < 4.78 is 18.9. The van der Waals surface area contributed by atoms with E-state index in [1.54, 1.807) is 19.2 Å². The first-order valence-electron chi connectivity index (χ1n) is 8.56. The van der Waals surface area contributed by atoms with Crippen LogP contribution in [-0.2, 0) is 14.9 Å². The number of anilines is 2. The van der Waals surface area contributed by atoms with Gasteiger partial charge in [0, 0.05) is 11.9 Å². The molecule has 1 saturated carbocycles. The summed E-state index contributed by atoms with van der Waals surface area (Å²) in [6.07, 6.45) is 4.79. The Balaban J connectivity index is 1.92. The number of halogens is 1.